The summed E-state index contributed by atoms with van der Waals surface area (Å²) in [5.74, 6) is 1.16. The van der Waals surface area contributed by atoms with Gasteiger partial charge in [0.05, 0.1) is 5.54 Å². The van der Waals surface area contributed by atoms with Crippen molar-refractivity contribution in [3.8, 4) is 0 Å². The molecule has 1 amide bonds. The molecular formula is C19H23N5O. The minimum absolute atomic E-state index is 0.152. The van der Waals surface area contributed by atoms with E-state index in [4.69, 9.17) is 0 Å². The van der Waals surface area contributed by atoms with Gasteiger partial charge < -0.3 is 10.2 Å². The number of rotatable bonds is 3. The zero-order valence-corrected chi connectivity index (χ0v) is 14.5. The zero-order valence-electron chi connectivity index (χ0n) is 14.5. The summed E-state index contributed by atoms with van der Waals surface area (Å²) in [5.41, 5.74) is 2.20. The molecule has 1 spiro atoms. The van der Waals surface area contributed by atoms with E-state index >= 15 is 0 Å². The number of nitrogens with one attached hydrogen (secondary N) is 1. The third-order valence-corrected chi connectivity index (χ3v) is 5.59. The molecular weight excluding hydrogens is 314 g/mol. The predicted octanol–water partition coefficient (Wildman–Crippen LogP) is 2.08. The van der Waals surface area contributed by atoms with Crippen molar-refractivity contribution in [2.75, 3.05) is 18.0 Å². The summed E-state index contributed by atoms with van der Waals surface area (Å²) < 4.78 is 0. The second-order valence-corrected chi connectivity index (χ2v) is 6.97. The Labute approximate surface area is 147 Å². The number of carbonyl (C=O) groups is 1. The van der Waals surface area contributed by atoms with E-state index in [9.17, 15) is 4.79 Å². The lowest BCUT2D eigenvalue weighted by Gasteiger charge is -2.43. The Morgan fingerprint density at radius 1 is 1.20 bits per heavy atom. The van der Waals surface area contributed by atoms with Gasteiger partial charge in [0, 0.05) is 50.2 Å². The molecule has 130 valence electrons. The van der Waals surface area contributed by atoms with Crippen molar-refractivity contribution >= 4 is 11.9 Å². The lowest BCUT2D eigenvalue weighted by atomic mass is 9.74. The van der Waals surface area contributed by atoms with E-state index in [1.807, 2.05) is 36.9 Å². The van der Waals surface area contributed by atoms with E-state index in [0.717, 1.165) is 43.9 Å². The molecule has 2 aromatic heterocycles. The lowest BCUT2D eigenvalue weighted by Crippen LogP contribution is -2.53. The summed E-state index contributed by atoms with van der Waals surface area (Å²) in [6, 6.07) is 4.07. The number of pyridine rings is 1. The molecule has 0 aliphatic carbocycles. The van der Waals surface area contributed by atoms with Crippen molar-refractivity contribution in [3.63, 3.8) is 0 Å². The van der Waals surface area contributed by atoms with Crippen LogP contribution in [0.5, 0.6) is 0 Å². The minimum atomic E-state index is -0.154. The first-order valence-corrected chi connectivity index (χ1v) is 8.97. The standard InChI is InChI=1S/C19H23N5O/c1-2-14-12-21-18(22-13-14)24-9-5-19(6-10-24)16(11-17(25)23-19)15-3-7-20-8-4-15/h3-4,7-8,12-13,16H,2,5-6,9-11H2,1H3,(H,23,25)/t16-/m0/s1. The number of hydrogen-bond donors (Lipinski definition) is 1. The van der Waals surface area contributed by atoms with Crippen molar-refractivity contribution < 1.29 is 4.79 Å². The lowest BCUT2D eigenvalue weighted by molar-refractivity contribution is -0.119. The molecule has 6 nitrogen and oxygen atoms in total. The predicted molar refractivity (Wildman–Crippen MR) is 95.3 cm³/mol. The molecule has 0 unspecified atom stereocenters. The van der Waals surface area contributed by atoms with Gasteiger partial charge in [-0.2, -0.15) is 0 Å². The average Bonchev–Trinajstić information content (AvgIpc) is 2.99. The number of anilines is 1. The summed E-state index contributed by atoms with van der Waals surface area (Å²) in [7, 11) is 0. The molecule has 25 heavy (non-hydrogen) atoms. The minimum Gasteiger partial charge on any atom is -0.350 e. The monoisotopic (exact) mass is 337 g/mol. The van der Waals surface area contributed by atoms with Crippen molar-refractivity contribution in [2.24, 2.45) is 0 Å². The number of aryl methyl sites for hydroxylation is 1. The van der Waals surface area contributed by atoms with Crippen molar-refractivity contribution in [1.29, 1.82) is 0 Å². The number of piperidine rings is 1. The maximum absolute atomic E-state index is 12.2. The molecule has 1 N–H and O–H groups in total. The first-order valence-electron chi connectivity index (χ1n) is 8.97. The molecule has 0 radical (unpaired) electrons. The highest BCUT2D eigenvalue weighted by atomic mass is 16.2. The van der Waals surface area contributed by atoms with Crippen LogP contribution in [-0.2, 0) is 11.2 Å². The van der Waals surface area contributed by atoms with Gasteiger partial charge in [-0.25, -0.2) is 9.97 Å². The number of amides is 1. The van der Waals surface area contributed by atoms with E-state index in [1.54, 1.807) is 0 Å². The Morgan fingerprint density at radius 3 is 2.52 bits per heavy atom. The number of nitrogens with zero attached hydrogens (tertiary/aromatic N) is 4. The average molecular weight is 337 g/mol. The van der Waals surface area contributed by atoms with Crippen LogP contribution in [0.15, 0.2) is 36.9 Å². The summed E-state index contributed by atoms with van der Waals surface area (Å²) in [5, 5.41) is 3.28. The van der Waals surface area contributed by atoms with Crippen molar-refractivity contribution in [3.05, 3.63) is 48.0 Å². The third kappa shape index (κ3) is 2.97. The molecule has 1 atom stereocenters. The molecule has 2 aliphatic heterocycles. The Kier molecular flexibility index (Phi) is 4.11. The second-order valence-electron chi connectivity index (χ2n) is 6.97. The first kappa shape index (κ1) is 16.0. The molecule has 6 heteroatoms. The van der Waals surface area contributed by atoms with E-state index in [1.165, 1.54) is 5.56 Å². The molecule has 0 saturated carbocycles. The normalized spacial score (nSPS) is 22.2. The summed E-state index contributed by atoms with van der Waals surface area (Å²) in [6.45, 7) is 3.81. The Morgan fingerprint density at radius 2 is 1.88 bits per heavy atom. The maximum atomic E-state index is 12.2. The SMILES string of the molecule is CCc1cnc(N2CCC3(CC2)NC(=O)C[C@H]3c2ccncc2)nc1. The highest BCUT2D eigenvalue weighted by Crippen LogP contribution is 2.43. The molecule has 2 fully saturated rings. The third-order valence-electron chi connectivity index (χ3n) is 5.59. The van der Waals surface area contributed by atoms with Gasteiger partial charge in [0.15, 0.2) is 0 Å². The first-order chi connectivity index (χ1) is 12.2. The largest absolute Gasteiger partial charge is 0.350 e. The number of aromatic nitrogens is 3. The van der Waals surface area contributed by atoms with Gasteiger partial charge >= 0.3 is 0 Å². The Bertz CT molecular complexity index is 738. The number of hydrogen-bond acceptors (Lipinski definition) is 5. The van der Waals surface area contributed by atoms with Gasteiger partial charge in [-0.3, -0.25) is 9.78 Å². The van der Waals surface area contributed by atoms with E-state index in [2.05, 4.69) is 32.1 Å². The van der Waals surface area contributed by atoms with Gasteiger partial charge in [-0.05, 0) is 42.5 Å². The van der Waals surface area contributed by atoms with E-state index in [-0.39, 0.29) is 17.4 Å². The molecule has 2 aromatic rings. The summed E-state index contributed by atoms with van der Waals surface area (Å²) in [6.07, 6.45) is 10.8. The van der Waals surface area contributed by atoms with Gasteiger partial charge in [0.1, 0.15) is 0 Å². The fraction of sp³-hybridized carbons (Fsp3) is 0.474. The molecule has 0 aromatic carbocycles. The van der Waals surface area contributed by atoms with Crippen LogP contribution in [0.2, 0.25) is 0 Å². The fourth-order valence-electron chi connectivity index (χ4n) is 4.10. The van der Waals surface area contributed by atoms with Crippen LogP contribution in [0.25, 0.3) is 0 Å². The number of carbonyl (C=O) groups excluding carboxylic acids is 1. The van der Waals surface area contributed by atoms with Crippen molar-refractivity contribution in [2.45, 2.75) is 44.1 Å². The molecule has 4 heterocycles. The van der Waals surface area contributed by atoms with E-state index < -0.39 is 0 Å². The summed E-state index contributed by atoms with van der Waals surface area (Å²) in [4.78, 5) is 27.5. The smallest absolute Gasteiger partial charge is 0.225 e. The fourth-order valence-corrected chi connectivity index (χ4v) is 4.10. The topological polar surface area (TPSA) is 71.0 Å². The van der Waals surface area contributed by atoms with Crippen molar-refractivity contribution in [1.82, 2.24) is 20.3 Å². The van der Waals surface area contributed by atoms with Crippen LogP contribution < -0.4 is 10.2 Å². The van der Waals surface area contributed by atoms with Crippen LogP contribution in [0.3, 0.4) is 0 Å². The molecule has 2 aliphatic rings. The zero-order chi connectivity index (χ0) is 17.3. The van der Waals surface area contributed by atoms with Gasteiger partial charge in [0.2, 0.25) is 11.9 Å². The Hall–Kier alpha value is -2.50. The van der Waals surface area contributed by atoms with Crippen LogP contribution in [-0.4, -0.2) is 39.5 Å². The van der Waals surface area contributed by atoms with Crippen LogP contribution in [0, 0.1) is 0 Å². The van der Waals surface area contributed by atoms with Crippen LogP contribution in [0.1, 0.15) is 43.2 Å². The van der Waals surface area contributed by atoms with Gasteiger partial charge in [-0.1, -0.05) is 6.92 Å². The van der Waals surface area contributed by atoms with Gasteiger partial charge in [0.25, 0.3) is 0 Å². The molecule has 4 rings (SSSR count). The van der Waals surface area contributed by atoms with E-state index in [0.29, 0.717) is 6.42 Å². The molecule has 0 bridgehead atoms. The highest BCUT2D eigenvalue weighted by molar-refractivity contribution is 5.81. The maximum Gasteiger partial charge on any atom is 0.225 e. The molecule has 2 saturated heterocycles. The Balaban J connectivity index is 1.51. The highest BCUT2D eigenvalue weighted by Gasteiger charge is 2.48. The van der Waals surface area contributed by atoms with Crippen LogP contribution >= 0.6 is 0 Å². The quantitative estimate of drug-likeness (QED) is 0.928. The van der Waals surface area contributed by atoms with Crippen LogP contribution in [0.4, 0.5) is 5.95 Å². The van der Waals surface area contributed by atoms with Gasteiger partial charge in [-0.15, -0.1) is 0 Å². The summed E-state index contributed by atoms with van der Waals surface area (Å²) >= 11 is 0. The second kappa shape index (κ2) is 6.43.